The van der Waals surface area contributed by atoms with Crippen LogP contribution in [0.2, 0.25) is 0 Å². The summed E-state index contributed by atoms with van der Waals surface area (Å²) in [4.78, 5) is 33.0. The molecule has 0 spiro atoms. The van der Waals surface area contributed by atoms with E-state index in [0.29, 0.717) is 29.3 Å². The van der Waals surface area contributed by atoms with E-state index >= 15 is 0 Å². The molecule has 3 aromatic rings. The number of amides is 2. The topological polar surface area (TPSA) is 110 Å². The van der Waals surface area contributed by atoms with Gasteiger partial charge in [0, 0.05) is 35.1 Å². The quantitative estimate of drug-likeness (QED) is 0.418. The fourth-order valence-electron chi connectivity index (χ4n) is 4.15. The molecule has 34 heavy (non-hydrogen) atoms. The number of anilines is 2. The molecule has 1 aromatic heterocycles. The number of primary amides is 1. The van der Waals surface area contributed by atoms with Crippen LogP contribution >= 0.6 is 0 Å². The molecular formula is C27H29N5O2. The van der Waals surface area contributed by atoms with E-state index in [1.54, 1.807) is 36.5 Å². The predicted molar refractivity (Wildman–Crippen MR) is 134 cm³/mol. The van der Waals surface area contributed by atoms with Crippen molar-refractivity contribution in [3.63, 3.8) is 0 Å². The molecule has 0 saturated heterocycles. The second-order valence-corrected chi connectivity index (χ2v) is 8.42. The smallest absolute Gasteiger partial charge is 0.251 e. The fourth-order valence-corrected chi connectivity index (χ4v) is 4.15. The minimum atomic E-state index is -0.470. The Morgan fingerprint density at radius 1 is 1.06 bits per heavy atom. The van der Waals surface area contributed by atoms with Crippen molar-refractivity contribution in [2.45, 2.75) is 39.0 Å². The first-order valence-corrected chi connectivity index (χ1v) is 11.6. The summed E-state index contributed by atoms with van der Waals surface area (Å²) < 4.78 is 0. The van der Waals surface area contributed by atoms with Gasteiger partial charge < -0.3 is 16.4 Å². The summed E-state index contributed by atoms with van der Waals surface area (Å²) >= 11 is 0. The van der Waals surface area contributed by atoms with Gasteiger partial charge in [0.2, 0.25) is 11.9 Å². The summed E-state index contributed by atoms with van der Waals surface area (Å²) in [6.45, 7) is 2.50. The Labute approximate surface area is 199 Å². The number of hydrogen-bond donors (Lipinski definition) is 3. The van der Waals surface area contributed by atoms with Crippen molar-refractivity contribution in [2.75, 3.05) is 11.9 Å². The Morgan fingerprint density at radius 2 is 1.88 bits per heavy atom. The number of benzene rings is 2. The van der Waals surface area contributed by atoms with Crippen molar-refractivity contribution in [2.24, 2.45) is 5.73 Å². The van der Waals surface area contributed by atoms with Gasteiger partial charge in [-0.1, -0.05) is 23.8 Å². The molecule has 0 bridgehead atoms. The molecule has 0 fully saturated rings. The molecule has 7 heteroatoms. The third-order valence-electron chi connectivity index (χ3n) is 6.05. The third kappa shape index (κ3) is 5.67. The van der Waals surface area contributed by atoms with E-state index in [-0.39, 0.29) is 5.91 Å². The van der Waals surface area contributed by atoms with Crippen LogP contribution in [0.5, 0.6) is 0 Å². The van der Waals surface area contributed by atoms with Gasteiger partial charge in [-0.2, -0.15) is 0 Å². The van der Waals surface area contributed by atoms with Gasteiger partial charge in [-0.05, 0) is 81.0 Å². The SMILES string of the molecule is Cc1c(C(N)=O)cccc1-c1ccnc(Nc2ccc(C(=O)NCCC3=CCCCC3)cc2)n1. The normalized spacial score (nSPS) is 13.1. The van der Waals surface area contributed by atoms with E-state index < -0.39 is 5.91 Å². The van der Waals surface area contributed by atoms with E-state index in [9.17, 15) is 9.59 Å². The highest BCUT2D eigenvalue weighted by Crippen LogP contribution is 2.25. The van der Waals surface area contributed by atoms with Crippen LogP contribution in [-0.4, -0.2) is 28.3 Å². The number of hydrogen-bond acceptors (Lipinski definition) is 5. The van der Waals surface area contributed by atoms with E-state index in [2.05, 4.69) is 26.7 Å². The van der Waals surface area contributed by atoms with Crippen LogP contribution in [-0.2, 0) is 0 Å². The minimum Gasteiger partial charge on any atom is -0.366 e. The third-order valence-corrected chi connectivity index (χ3v) is 6.05. The highest BCUT2D eigenvalue weighted by molar-refractivity contribution is 5.96. The van der Waals surface area contributed by atoms with Gasteiger partial charge >= 0.3 is 0 Å². The molecule has 1 aliphatic rings. The van der Waals surface area contributed by atoms with E-state index in [4.69, 9.17) is 5.73 Å². The summed E-state index contributed by atoms with van der Waals surface area (Å²) in [7, 11) is 0. The molecule has 7 nitrogen and oxygen atoms in total. The summed E-state index contributed by atoms with van der Waals surface area (Å²) in [6.07, 6.45) is 9.71. The highest BCUT2D eigenvalue weighted by Gasteiger charge is 2.12. The van der Waals surface area contributed by atoms with E-state index in [1.807, 2.05) is 25.1 Å². The lowest BCUT2D eigenvalue weighted by molar-refractivity contribution is 0.0952. The zero-order valence-electron chi connectivity index (χ0n) is 19.3. The van der Waals surface area contributed by atoms with Crippen molar-refractivity contribution in [1.29, 1.82) is 0 Å². The van der Waals surface area contributed by atoms with Gasteiger partial charge in [0.25, 0.3) is 5.91 Å². The first kappa shape index (κ1) is 23.2. The Balaban J connectivity index is 1.39. The van der Waals surface area contributed by atoms with Crippen molar-refractivity contribution in [1.82, 2.24) is 15.3 Å². The first-order chi connectivity index (χ1) is 16.5. The lowest BCUT2D eigenvalue weighted by atomic mass is 9.97. The molecular weight excluding hydrogens is 426 g/mol. The maximum absolute atomic E-state index is 12.5. The number of carbonyl (C=O) groups is 2. The molecule has 174 valence electrons. The molecule has 0 unspecified atom stereocenters. The van der Waals surface area contributed by atoms with E-state index in [1.165, 1.54) is 18.4 Å². The zero-order valence-corrected chi connectivity index (χ0v) is 19.3. The van der Waals surface area contributed by atoms with Gasteiger partial charge in [0.1, 0.15) is 0 Å². The molecule has 0 aliphatic heterocycles. The molecule has 0 saturated carbocycles. The summed E-state index contributed by atoms with van der Waals surface area (Å²) in [6, 6.07) is 14.4. The molecule has 0 radical (unpaired) electrons. The predicted octanol–water partition coefficient (Wildman–Crippen LogP) is 4.91. The van der Waals surface area contributed by atoms with Crippen LogP contribution in [0.15, 0.2) is 66.4 Å². The average Bonchev–Trinajstić information content (AvgIpc) is 2.85. The number of nitrogens with two attached hydrogens (primary N) is 1. The van der Waals surface area contributed by atoms with Crippen LogP contribution in [0.4, 0.5) is 11.6 Å². The molecule has 4 N–H and O–H groups in total. The standard InChI is InChI=1S/C27H29N5O2/c1-18-22(8-5-9-23(18)25(28)33)24-15-17-30-27(32-24)31-21-12-10-20(11-13-21)26(34)29-16-14-19-6-3-2-4-7-19/h5-6,8-13,15,17H,2-4,7,14,16H2,1H3,(H2,28,33)(H,29,34)(H,30,31,32). The van der Waals surface area contributed by atoms with Gasteiger partial charge in [0.15, 0.2) is 0 Å². The van der Waals surface area contributed by atoms with Crippen LogP contribution in [0.1, 0.15) is 58.4 Å². The van der Waals surface area contributed by atoms with Gasteiger partial charge in [-0.15, -0.1) is 0 Å². The van der Waals surface area contributed by atoms with Crippen molar-refractivity contribution in [3.05, 3.63) is 83.1 Å². The van der Waals surface area contributed by atoms with Crippen molar-refractivity contribution < 1.29 is 9.59 Å². The number of nitrogens with one attached hydrogen (secondary N) is 2. The highest BCUT2D eigenvalue weighted by atomic mass is 16.2. The van der Waals surface area contributed by atoms with Gasteiger partial charge in [-0.25, -0.2) is 9.97 Å². The zero-order chi connectivity index (χ0) is 23.9. The lowest BCUT2D eigenvalue weighted by Crippen LogP contribution is -2.24. The van der Waals surface area contributed by atoms with Crippen LogP contribution < -0.4 is 16.4 Å². The Morgan fingerprint density at radius 3 is 2.62 bits per heavy atom. The largest absolute Gasteiger partial charge is 0.366 e. The van der Waals surface area contributed by atoms with Gasteiger partial charge in [0.05, 0.1) is 5.69 Å². The number of allylic oxidation sites excluding steroid dienone is 1. The lowest BCUT2D eigenvalue weighted by Gasteiger charge is -2.13. The maximum atomic E-state index is 12.5. The Bertz CT molecular complexity index is 1220. The number of carbonyl (C=O) groups excluding carboxylic acids is 2. The molecule has 2 amide bonds. The van der Waals surface area contributed by atoms with Crippen LogP contribution in [0.25, 0.3) is 11.3 Å². The monoisotopic (exact) mass is 455 g/mol. The number of aromatic nitrogens is 2. The summed E-state index contributed by atoms with van der Waals surface area (Å²) in [5.74, 6) is -0.132. The average molecular weight is 456 g/mol. The summed E-state index contributed by atoms with van der Waals surface area (Å²) in [5.41, 5.74) is 11.0. The maximum Gasteiger partial charge on any atom is 0.251 e. The second kappa shape index (κ2) is 10.7. The fraction of sp³-hybridized carbons (Fsp3) is 0.259. The van der Waals surface area contributed by atoms with Crippen LogP contribution in [0.3, 0.4) is 0 Å². The second-order valence-electron chi connectivity index (χ2n) is 8.42. The Kier molecular flexibility index (Phi) is 7.32. The molecule has 1 heterocycles. The Hall–Kier alpha value is -4.00. The van der Waals surface area contributed by atoms with Crippen LogP contribution in [0, 0.1) is 6.92 Å². The molecule has 2 aromatic carbocycles. The molecule has 1 aliphatic carbocycles. The number of rotatable bonds is 8. The first-order valence-electron chi connectivity index (χ1n) is 11.6. The number of nitrogens with zero attached hydrogens (tertiary/aromatic N) is 2. The van der Waals surface area contributed by atoms with Crippen molar-refractivity contribution >= 4 is 23.5 Å². The summed E-state index contributed by atoms with van der Waals surface area (Å²) in [5, 5.41) is 6.17. The molecule has 4 rings (SSSR count). The molecule has 0 atom stereocenters. The van der Waals surface area contributed by atoms with E-state index in [0.717, 1.165) is 36.1 Å². The van der Waals surface area contributed by atoms with Crippen molar-refractivity contribution in [3.8, 4) is 11.3 Å². The van der Waals surface area contributed by atoms with Gasteiger partial charge in [-0.3, -0.25) is 9.59 Å². The minimum absolute atomic E-state index is 0.0778.